The maximum absolute atomic E-state index is 13.8. The van der Waals surface area contributed by atoms with Crippen molar-refractivity contribution >= 4 is 5.97 Å². The molecular weight excluding hydrogens is 256 g/mol. The first kappa shape index (κ1) is 15.4. The number of benzene rings is 1. The summed E-state index contributed by atoms with van der Waals surface area (Å²) in [5.74, 6) is -1.77. The Hall–Kier alpha value is -1.69. The molecular formula is C13H17F2NO3. The van der Waals surface area contributed by atoms with Crippen LogP contribution in [0, 0.1) is 5.82 Å². The fourth-order valence-electron chi connectivity index (χ4n) is 1.79. The molecule has 0 aliphatic carbocycles. The fourth-order valence-corrected chi connectivity index (χ4v) is 1.79. The van der Waals surface area contributed by atoms with Gasteiger partial charge in [-0.15, -0.1) is 0 Å². The molecule has 6 heteroatoms. The van der Waals surface area contributed by atoms with Crippen molar-refractivity contribution < 1.29 is 23.4 Å². The van der Waals surface area contributed by atoms with Gasteiger partial charge in [-0.25, -0.2) is 8.78 Å². The van der Waals surface area contributed by atoms with Crippen molar-refractivity contribution in [2.45, 2.75) is 32.0 Å². The summed E-state index contributed by atoms with van der Waals surface area (Å²) in [6.07, 6.45) is -1.37. The van der Waals surface area contributed by atoms with Crippen LogP contribution in [0.15, 0.2) is 12.1 Å². The van der Waals surface area contributed by atoms with Gasteiger partial charge in [0.05, 0.1) is 7.11 Å². The topological polar surface area (TPSA) is 72.5 Å². The van der Waals surface area contributed by atoms with Gasteiger partial charge in [-0.3, -0.25) is 4.79 Å². The zero-order chi connectivity index (χ0) is 14.6. The Labute approximate surface area is 110 Å². The fraction of sp³-hybridized carbons (Fsp3) is 0.462. The Morgan fingerprint density at radius 1 is 1.53 bits per heavy atom. The summed E-state index contributed by atoms with van der Waals surface area (Å²) in [6.45, 7) is 1.29. The number of halogens is 2. The van der Waals surface area contributed by atoms with E-state index in [9.17, 15) is 13.6 Å². The lowest BCUT2D eigenvalue weighted by Gasteiger charge is -2.17. The third kappa shape index (κ3) is 3.89. The number of aliphatic carboxylic acids is 1. The summed E-state index contributed by atoms with van der Waals surface area (Å²) < 4.78 is 31.9. The number of methoxy groups -OCH3 is 1. The zero-order valence-electron chi connectivity index (χ0n) is 10.8. The molecule has 0 radical (unpaired) electrons. The smallest absolute Gasteiger partial charge is 0.303 e. The van der Waals surface area contributed by atoms with Gasteiger partial charge in [-0.2, -0.15) is 0 Å². The second kappa shape index (κ2) is 6.47. The number of carboxylic acids is 1. The number of hydrogen-bond donors (Lipinski definition) is 2. The standard InChI is InChI=1S/C13H17F2NO3/c1-7(14)8-5-9(11(16)3-4-12(17)18)13(19-2)10(15)6-8/h5-7,11H,3-4,16H2,1-2H3,(H,17,18). The van der Waals surface area contributed by atoms with Gasteiger partial charge in [0.15, 0.2) is 11.6 Å². The van der Waals surface area contributed by atoms with E-state index in [1.165, 1.54) is 20.1 Å². The van der Waals surface area contributed by atoms with Crippen LogP contribution in [0.25, 0.3) is 0 Å². The largest absolute Gasteiger partial charge is 0.493 e. The number of carboxylic acid groups (broad SMARTS) is 1. The van der Waals surface area contributed by atoms with Gasteiger partial charge < -0.3 is 15.6 Å². The molecule has 0 heterocycles. The predicted octanol–water partition coefficient (Wildman–Crippen LogP) is 2.73. The monoisotopic (exact) mass is 273 g/mol. The molecule has 0 spiro atoms. The summed E-state index contributed by atoms with van der Waals surface area (Å²) >= 11 is 0. The van der Waals surface area contributed by atoms with Gasteiger partial charge in [0.1, 0.15) is 6.17 Å². The predicted molar refractivity (Wildman–Crippen MR) is 66.3 cm³/mol. The van der Waals surface area contributed by atoms with Crippen molar-refractivity contribution in [1.82, 2.24) is 0 Å². The minimum absolute atomic E-state index is 0.0673. The number of ether oxygens (including phenoxy) is 1. The molecule has 3 N–H and O–H groups in total. The quantitative estimate of drug-likeness (QED) is 0.836. The highest BCUT2D eigenvalue weighted by Crippen LogP contribution is 2.33. The first-order valence-electron chi connectivity index (χ1n) is 5.85. The summed E-state index contributed by atoms with van der Waals surface area (Å²) in [6, 6.07) is 1.75. The van der Waals surface area contributed by atoms with Gasteiger partial charge in [0, 0.05) is 18.0 Å². The zero-order valence-corrected chi connectivity index (χ0v) is 10.8. The second-order valence-electron chi connectivity index (χ2n) is 4.28. The minimum Gasteiger partial charge on any atom is -0.493 e. The van der Waals surface area contributed by atoms with Crippen LogP contribution in [-0.4, -0.2) is 18.2 Å². The summed E-state index contributed by atoms with van der Waals surface area (Å²) in [7, 11) is 1.28. The van der Waals surface area contributed by atoms with Crippen molar-refractivity contribution in [1.29, 1.82) is 0 Å². The van der Waals surface area contributed by atoms with Crippen molar-refractivity contribution in [3.63, 3.8) is 0 Å². The van der Waals surface area contributed by atoms with E-state index >= 15 is 0 Å². The van der Waals surface area contributed by atoms with Crippen molar-refractivity contribution in [3.8, 4) is 5.75 Å². The third-order valence-electron chi connectivity index (χ3n) is 2.83. The SMILES string of the molecule is COc1c(F)cc(C(C)F)cc1C(N)CCC(=O)O. The van der Waals surface area contributed by atoms with Gasteiger partial charge >= 0.3 is 5.97 Å². The highest BCUT2D eigenvalue weighted by atomic mass is 19.1. The molecule has 0 saturated heterocycles. The van der Waals surface area contributed by atoms with E-state index in [1.807, 2.05) is 0 Å². The minimum atomic E-state index is -1.34. The molecule has 0 aromatic heterocycles. The molecule has 0 aliphatic rings. The molecule has 0 aliphatic heterocycles. The van der Waals surface area contributed by atoms with Gasteiger partial charge in [0.25, 0.3) is 0 Å². The average Bonchev–Trinajstić information content (AvgIpc) is 2.34. The molecule has 4 nitrogen and oxygen atoms in total. The molecule has 2 unspecified atom stereocenters. The average molecular weight is 273 g/mol. The van der Waals surface area contributed by atoms with Crippen LogP contribution in [0.3, 0.4) is 0 Å². The van der Waals surface area contributed by atoms with E-state index in [0.29, 0.717) is 0 Å². The van der Waals surface area contributed by atoms with E-state index < -0.39 is 24.0 Å². The molecule has 0 amide bonds. The Balaban J connectivity index is 3.11. The molecule has 0 fully saturated rings. The Bertz CT molecular complexity index is 463. The van der Waals surface area contributed by atoms with Crippen molar-refractivity contribution in [2.24, 2.45) is 5.73 Å². The maximum atomic E-state index is 13.8. The van der Waals surface area contributed by atoms with Crippen LogP contribution >= 0.6 is 0 Å². The van der Waals surface area contributed by atoms with E-state index in [1.54, 1.807) is 0 Å². The number of alkyl halides is 1. The first-order chi connectivity index (χ1) is 8.86. The van der Waals surface area contributed by atoms with E-state index in [-0.39, 0.29) is 29.7 Å². The van der Waals surface area contributed by atoms with Crippen LogP contribution in [0.4, 0.5) is 8.78 Å². The molecule has 106 valence electrons. The number of nitrogens with two attached hydrogens (primary N) is 1. The van der Waals surface area contributed by atoms with Crippen LogP contribution < -0.4 is 10.5 Å². The molecule has 2 atom stereocenters. The Kier molecular flexibility index (Phi) is 5.23. The highest BCUT2D eigenvalue weighted by Gasteiger charge is 2.19. The normalized spacial score (nSPS) is 13.9. The molecule has 0 saturated carbocycles. The Morgan fingerprint density at radius 3 is 2.63 bits per heavy atom. The Morgan fingerprint density at radius 2 is 2.16 bits per heavy atom. The molecule has 19 heavy (non-hydrogen) atoms. The van der Waals surface area contributed by atoms with E-state index in [4.69, 9.17) is 15.6 Å². The molecule has 1 aromatic rings. The maximum Gasteiger partial charge on any atom is 0.303 e. The molecule has 1 rings (SSSR count). The van der Waals surface area contributed by atoms with Gasteiger partial charge in [-0.05, 0) is 31.0 Å². The van der Waals surface area contributed by atoms with Gasteiger partial charge in [-0.1, -0.05) is 0 Å². The third-order valence-corrected chi connectivity index (χ3v) is 2.83. The summed E-state index contributed by atoms with van der Waals surface area (Å²) in [4.78, 5) is 10.5. The lowest BCUT2D eigenvalue weighted by atomic mass is 9.98. The highest BCUT2D eigenvalue weighted by molar-refractivity contribution is 5.66. The van der Waals surface area contributed by atoms with E-state index in [2.05, 4.69) is 0 Å². The molecule has 1 aromatic carbocycles. The lowest BCUT2D eigenvalue weighted by molar-refractivity contribution is -0.137. The van der Waals surface area contributed by atoms with Gasteiger partial charge in [0.2, 0.25) is 0 Å². The second-order valence-corrected chi connectivity index (χ2v) is 4.28. The molecule has 0 bridgehead atoms. The number of hydrogen-bond acceptors (Lipinski definition) is 3. The summed E-state index contributed by atoms with van der Waals surface area (Å²) in [5, 5.41) is 8.61. The van der Waals surface area contributed by atoms with Crippen LogP contribution in [0.5, 0.6) is 5.75 Å². The van der Waals surface area contributed by atoms with Crippen LogP contribution in [0.1, 0.15) is 43.1 Å². The van der Waals surface area contributed by atoms with E-state index in [0.717, 1.165) is 6.07 Å². The number of carbonyl (C=O) groups is 1. The van der Waals surface area contributed by atoms with Crippen LogP contribution in [0.2, 0.25) is 0 Å². The number of rotatable bonds is 6. The van der Waals surface area contributed by atoms with Crippen molar-refractivity contribution in [2.75, 3.05) is 7.11 Å². The lowest BCUT2D eigenvalue weighted by Crippen LogP contribution is -2.14. The summed E-state index contributed by atoms with van der Waals surface area (Å²) in [5.41, 5.74) is 6.26. The first-order valence-corrected chi connectivity index (χ1v) is 5.85. The van der Waals surface area contributed by atoms with Crippen LogP contribution in [-0.2, 0) is 4.79 Å². The van der Waals surface area contributed by atoms with Crippen molar-refractivity contribution in [3.05, 3.63) is 29.1 Å².